The second kappa shape index (κ2) is 6.64. The normalized spacial score (nSPS) is 11.8. The molecule has 0 fully saturated rings. The zero-order valence-electron chi connectivity index (χ0n) is 10.2. The molecule has 1 amide bonds. The predicted octanol–water partition coefficient (Wildman–Crippen LogP) is 1.77. The first-order chi connectivity index (χ1) is 8.54. The molecular formula is C13H17NO4. The molecule has 0 saturated heterocycles. The number of phenols is 1. The van der Waals surface area contributed by atoms with Gasteiger partial charge in [0.05, 0.1) is 0 Å². The maximum absolute atomic E-state index is 11.8. The molecule has 0 aliphatic heterocycles. The van der Waals surface area contributed by atoms with Gasteiger partial charge in [0.1, 0.15) is 11.8 Å². The van der Waals surface area contributed by atoms with Crippen LogP contribution >= 0.6 is 0 Å². The molecule has 0 heterocycles. The number of nitrogens with one attached hydrogen (secondary N) is 1. The lowest BCUT2D eigenvalue weighted by Gasteiger charge is -2.14. The monoisotopic (exact) mass is 251 g/mol. The maximum Gasteiger partial charge on any atom is 0.326 e. The summed E-state index contributed by atoms with van der Waals surface area (Å²) >= 11 is 0. The topological polar surface area (TPSA) is 86.6 Å². The molecule has 0 spiro atoms. The van der Waals surface area contributed by atoms with Gasteiger partial charge in [-0.05, 0) is 24.6 Å². The first kappa shape index (κ1) is 14.0. The van der Waals surface area contributed by atoms with Crippen molar-refractivity contribution in [2.75, 3.05) is 0 Å². The van der Waals surface area contributed by atoms with Crippen LogP contribution in [0.15, 0.2) is 24.3 Å². The predicted molar refractivity (Wildman–Crippen MR) is 66.5 cm³/mol. The van der Waals surface area contributed by atoms with Gasteiger partial charge in [0.15, 0.2) is 0 Å². The van der Waals surface area contributed by atoms with Gasteiger partial charge < -0.3 is 15.5 Å². The number of carboxylic acid groups (broad SMARTS) is 1. The Bertz CT molecular complexity index is 431. The van der Waals surface area contributed by atoms with Crippen LogP contribution < -0.4 is 5.32 Å². The molecule has 1 aromatic carbocycles. The number of benzene rings is 1. The molecule has 1 atom stereocenters. The number of carboxylic acids is 1. The molecule has 0 radical (unpaired) electrons. The Labute approximate surface area is 105 Å². The van der Waals surface area contributed by atoms with Gasteiger partial charge >= 0.3 is 5.97 Å². The largest absolute Gasteiger partial charge is 0.508 e. The molecule has 0 aliphatic carbocycles. The Morgan fingerprint density at radius 3 is 2.67 bits per heavy atom. The van der Waals surface area contributed by atoms with E-state index in [0.717, 1.165) is 12.8 Å². The molecule has 5 nitrogen and oxygen atoms in total. The highest BCUT2D eigenvalue weighted by molar-refractivity contribution is 5.96. The standard InChI is InChI=1S/C13H17NO4/c1-2-3-7-11(13(17)18)14-12(16)9-5-4-6-10(15)8-9/h4-6,8,11,15H,2-3,7H2,1H3,(H,14,16)(H,17,18)/t11-/m0/s1. The molecule has 0 aromatic heterocycles. The van der Waals surface area contributed by atoms with E-state index in [1.807, 2.05) is 6.92 Å². The summed E-state index contributed by atoms with van der Waals surface area (Å²) in [7, 11) is 0. The number of aliphatic carboxylic acids is 1. The van der Waals surface area contributed by atoms with Gasteiger partial charge in [-0.3, -0.25) is 4.79 Å². The van der Waals surface area contributed by atoms with Crippen LogP contribution in [0.4, 0.5) is 0 Å². The molecule has 1 aromatic rings. The highest BCUT2D eigenvalue weighted by Crippen LogP contribution is 2.11. The molecule has 0 saturated carbocycles. The van der Waals surface area contributed by atoms with Gasteiger partial charge in [-0.15, -0.1) is 0 Å². The number of carbonyl (C=O) groups is 2. The average Bonchev–Trinajstić information content (AvgIpc) is 2.33. The van der Waals surface area contributed by atoms with E-state index in [-0.39, 0.29) is 11.3 Å². The van der Waals surface area contributed by atoms with E-state index in [2.05, 4.69) is 5.32 Å². The fourth-order valence-corrected chi connectivity index (χ4v) is 1.55. The van der Waals surface area contributed by atoms with Gasteiger partial charge in [-0.2, -0.15) is 0 Å². The first-order valence-corrected chi connectivity index (χ1v) is 5.87. The summed E-state index contributed by atoms with van der Waals surface area (Å²) in [6.07, 6.45) is 2.00. The summed E-state index contributed by atoms with van der Waals surface area (Å²) in [6, 6.07) is 4.91. The highest BCUT2D eigenvalue weighted by atomic mass is 16.4. The molecule has 0 unspecified atom stereocenters. The number of rotatable bonds is 6. The molecular weight excluding hydrogens is 234 g/mol. The van der Waals surface area contributed by atoms with Gasteiger partial charge in [0.25, 0.3) is 5.91 Å². The van der Waals surface area contributed by atoms with Crippen molar-refractivity contribution in [3.05, 3.63) is 29.8 Å². The summed E-state index contributed by atoms with van der Waals surface area (Å²) in [5, 5.41) is 20.7. The van der Waals surface area contributed by atoms with Crippen LogP contribution in [0.5, 0.6) is 5.75 Å². The van der Waals surface area contributed by atoms with Gasteiger partial charge in [0.2, 0.25) is 0 Å². The number of phenolic OH excluding ortho intramolecular Hbond substituents is 1. The van der Waals surface area contributed by atoms with Crippen LogP contribution in [0.1, 0.15) is 36.5 Å². The van der Waals surface area contributed by atoms with Gasteiger partial charge in [-0.1, -0.05) is 25.8 Å². The second-order valence-electron chi connectivity index (χ2n) is 4.06. The second-order valence-corrected chi connectivity index (χ2v) is 4.06. The summed E-state index contributed by atoms with van der Waals surface area (Å²) < 4.78 is 0. The van der Waals surface area contributed by atoms with Gasteiger partial charge in [-0.25, -0.2) is 4.79 Å². The van der Waals surface area contributed by atoms with E-state index in [9.17, 15) is 14.7 Å². The number of amides is 1. The molecule has 18 heavy (non-hydrogen) atoms. The summed E-state index contributed by atoms with van der Waals surface area (Å²) in [5.41, 5.74) is 0.248. The van der Waals surface area contributed by atoms with Crippen molar-refractivity contribution in [1.29, 1.82) is 0 Å². The van der Waals surface area contributed by atoms with E-state index in [4.69, 9.17) is 5.11 Å². The third kappa shape index (κ3) is 4.08. The molecule has 5 heteroatoms. The number of hydrogen-bond acceptors (Lipinski definition) is 3. The van der Waals surface area contributed by atoms with Crippen LogP contribution in [-0.4, -0.2) is 28.1 Å². The summed E-state index contributed by atoms with van der Waals surface area (Å²) in [5.74, 6) is -1.56. The van der Waals surface area contributed by atoms with E-state index in [0.29, 0.717) is 6.42 Å². The molecule has 98 valence electrons. The molecule has 3 N–H and O–H groups in total. The quantitative estimate of drug-likeness (QED) is 0.719. The lowest BCUT2D eigenvalue weighted by atomic mass is 10.1. The number of aromatic hydroxyl groups is 1. The fraction of sp³-hybridized carbons (Fsp3) is 0.385. The van der Waals surface area contributed by atoms with E-state index in [1.165, 1.54) is 24.3 Å². The van der Waals surface area contributed by atoms with E-state index < -0.39 is 17.9 Å². The Morgan fingerprint density at radius 1 is 1.39 bits per heavy atom. The zero-order valence-corrected chi connectivity index (χ0v) is 10.2. The van der Waals surface area contributed by atoms with Crippen molar-refractivity contribution >= 4 is 11.9 Å². The maximum atomic E-state index is 11.8. The van der Waals surface area contributed by atoms with Crippen molar-refractivity contribution < 1.29 is 19.8 Å². The number of carbonyl (C=O) groups excluding carboxylic acids is 1. The minimum Gasteiger partial charge on any atom is -0.508 e. The Kier molecular flexibility index (Phi) is 5.17. The smallest absolute Gasteiger partial charge is 0.326 e. The van der Waals surface area contributed by atoms with Gasteiger partial charge in [0, 0.05) is 5.56 Å². The van der Waals surface area contributed by atoms with Crippen LogP contribution in [0, 0.1) is 0 Å². The fourth-order valence-electron chi connectivity index (χ4n) is 1.55. The Balaban J connectivity index is 2.69. The molecule has 0 bridgehead atoms. The van der Waals surface area contributed by atoms with E-state index >= 15 is 0 Å². The average molecular weight is 251 g/mol. The van der Waals surface area contributed by atoms with Crippen molar-refractivity contribution in [1.82, 2.24) is 5.32 Å². The van der Waals surface area contributed by atoms with Crippen molar-refractivity contribution in [2.45, 2.75) is 32.2 Å². The van der Waals surface area contributed by atoms with Crippen molar-refractivity contribution in [3.8, 4) is 5.75 Å². The number of unbranched alkanes of at least 4 members (excludes halogenated alkanes) is 1. The lowest BCUT2D eigenvalue weighted by Crippen LogP contribution is -2.40. The van der Waals surface area contributed by atoms with Crippen LogP contribution in [0.2, 0.25) is 0 Å². The Morgan fingerprint density at radius 2 is 2.11 bits per heavy atom. The lowest BCUT2D eigenvalue weighted by molar-refractivity contribution is -0.139. The third-order valence-electron chi connectivity index (χ3n) is 2.56. The third-order valence-corrected chi connectivity index (χ3v) is 2.56. The minimum absolute atomic E-state index is 0.0249. The zero-order chi connectivity index (χ0) is 13.5. The summed E-state index contributed by atoms with van der Waals surface area (Å²) in [6.45, 7) is 1.95. The summed E-state index contributed by atoms with van der Waals surface area (Å²) in [4.78, 5) is 22.8. The van der Waals surface area contributed by atoms with E-state index in [1.54, 1.807) is 0 Å². The highest BCUT2D eigenvalue weighted by Gasteiger charge is 2.19. The van der Waals surface area contributed by atoms with Crippen LogP contribution in [-0.2, 0) is 4.79 Å². The minimum atomic E-state index is -1.04. The first-order valence-electron chi connectivity index (χ1n) is 5.87. The van der Waals surface area contributed by atoms with Crippen molar-refractivity contribution in [3.63, 3.8) is 0 Å². The molecule has 1 rings (SSSR count). The number of hydrogen-bond donors (Lipinski definition) is 3. The van der Waals surface area contributed by atoms with Crippen molar-refractivity contribution in [2.24, 2.45) is 0 Å². The Hall–Kier alpha value is -2.04. The van der Waals surface area contributed by atoms with Crippen LogP contribution in [0.3, 0.4) is 0 Å². The SMILES string of the molecule is CCCC[C@H](NC(=O)c1cccc(O)c1)C(=O)O. The van der Waals surface area contributed by atoms with Crippen LogP contribution in [0.25, 0.3) is 0 Å². The molecule has 0 aliphatic rings.